The van der Waals surface area contributed by atoms with Gasteiger partial charge in [-0.2, -0.15) is 0 Å². The molecule has 37 heavy (non-hydrogen) atoms. The van der Waals surface area contributed by atoms with Crippen molar-refractivity contribution in [1.29, 1.82) is 0 Å². The fraction of sp³-hybridized carbons (Fsp3) is 0.214. The zero-order valence-electron chi connectivity index (χ0n) is 20.1. The SMILES string of the molecule is COc1cc(C(=O)N2CCC(=Cc3cc(Cl)ccc3Cl)CC2)ccc1OCC(=O)Nc1ccc(Br)cc1. The number of hydrogen-bond donors (Lipinski definition) is 1. The van der Waals surface area contributed by atoms with Crippen molar-refractivity contribution in [2.45, 2.75) is 12.8 Å². The first-order chi connectivity index (χ1) is 17.8. The molecule has 1 saturated heterocycles. The van der Waals surface area contributed by atoms with Gasteiger partial charge >= 0.3 is 0 Å². The van der Waals surface area contributed by atoms with E-state index in [9.17, 15) is 9.59 Å². The highest BCUT2D eigenvalue weighted by molar-refractivity contribution is 9.10. The van der Waals surface area contributed by atoms with Gasteiger partial charge in [-0.05, 0) is 79.1 Å². The monoisotopic (exact) mass is 602 g/mol. The van der Waals surface area contributed by atoms with E-state index >= 15 is 0 Å². The van der Waals surface area contributed by atoms with E-state index in [4.69, 9.17) is 32.7 Å². The summed E-state index contributed by atoms with van der Waals surface area (Å²) in [6.45, 7) is 0.997. The Bertz CT molecular complexity index is 1320. The van der Waals surface area contributed by atoms with E-state index in [1.54, 1.807) is 42.5 Å². The Kier molecular flexibility index (Phi) is 9.14. The first-order valence-corrected chi connectivity index (χ1v) is 13.2. The van der Waals surface area contributed by atoms with Crippen LogP contribution in [-0.4, -0.2) is 43.5 Å². The normalized spacial score (nSPS) is 13.2. The van der Waals surface area contributed by atoms with Gasteiger partial charge in [-0.25, -0.2) is 0 Å². The van der Waals surface area contributed by atoms with Crippen LogP contribution in [0.2, 0.25) is 10.0 Å². The summed E-state index contributed by atoms with van der Waals surface area (Å²) in [6.07, 6.45) is 3.55. The lowest BCUT2D eigenvalue weighted by molar-refractivity contribution is -0.118. The maximum absolute atomic E-state index is 13.1. The lowest BCUT2D eigenvalue weighted by Crippen LogP contribution is -2.36. The summed E-state index contributed by atoms with van der Waals surface area (Å²) in [4.78, 5) is 27.2. The first kappa shape index (κ1) is 27.0. The molecule has 6 nitrogen and oxygen atoms in total. The number of rotatable bonds is 7. The van der Waals surface area contributed by atoms with Gasteiger partial charge in [0.15, 0.2) is 18.1 Å². The fourth-order valence-corrected chi connectivity index (χ4v) is 4.58. The molecule has 0 aromatic heterocycles. The van der Waals surface area contributed by atoms with Gasteiger partial charge in [0.25, 0.3) is 11.8 Å². The molecule has 192 valence electrons. The minimum atomic E-state index is -0.305. The van der Waals surface area contributed by atoms with Crippen molar-refractivity contribution in [3.63, 3.8) is 0 Å². The van der Waals surface area contributed by atoms with E-state index in [1.165, 1.54) is 12.7 Å². The highest BCUT2D eigenvalue weighted by atomic mass is 79.9. The standard InChI is InChI=1S/C28H25BrCl2N2O4/c1-36-26-16-19(2-9-25(26)37-17-27(34)32-23-6-3-21(29)4-7-23)28(35)33-12-10-18(11-13-33)14-20-15-22(30)5-8-24(20)31/h2-9,14-16H,10-13,17H2,1H3,(H,32,34). The Morgan fingerprint density at radius 1 is 1.00 bits per heavy atom. The van der Waals surface area contributed by atoms with Crippen LogP contribution >= 0.6 is 39.1 Å². The van der Waals surface area contributed by atoms with Gasteiger partial charge in [0.05, 0.1) is 7.11 Å². The van der Waals surface area contributed by atoms with E-state index in [0.717, 1.165) is 22.9 Å². The summed E-state index contributed by atoms with van der Waals surface area (Å²) in [5, 5.41) is 4.05. The van der Waals surface area contributed by atoms with Crippen molar-refractivity contribution < 1.29 is 19.1 Å². The molecule has 1 N–H and O–H groups in total. The molecule has 0 saturated carbocycles. The van der Waals surface area contributed by atoms with Crippen molar-refractivity contribution in [2.75, 3.05) is 32.1 Å². The lowest BCUT2D eigenvalue weighted by atomic mass is 10.00. The number of likely N-dealkylation sites (tertiary alicyclic amines) is 1. The molecule has 9 heteroatoms. The van der Waals surface area contributed by atoms with Crippen LogP contribution in [0.1, 0.15) is 28.8 Å². The Morgan fingerprint density at radius 2 is 1.73 bits per heavy atom. The first-order valence-electron chi connectivity index (χ1n) is 11.6. The number of nitrogens with one attached hydrogen (secondary N) is 1. The lowest BCUT2D eigenvalue weighted by Gasteiger charge is -2.29. The summed E-state index contributed by atoms with van der Waals surface area (Å²) >= 11 is 15.7. The van der Waals surface area contributed by atoms with Crippen LogP contribution in [0.3, 0.4) is 0 Å². The van der Waals surface area contributed by atoms with Crippen LogP contribution in [0.5, 0.6) is 11.5 Å². The molecule has 2 amide bonds. The van der Waals surface area contributed by atoms with Gasteiger partial charge in [0.2, 0.25) is 0 Å². The second-order valence-corrected chi connectivity index (χ2v) is 10.2. The smallest absolute Gasteiger partial charge is 0.262 e. The molecule has 0 bridgehead atoms. The van der Waals surface area contributed by atoms with Crippen LogP contribution in [-0.2, 0) is 4.79 Å². The van der Waals surface area contributed by atoms with Gasteiger partial charge in [0, 0.05) is 38.9 Å². The molecule has 3 aromatic carbocycles. The minimum Gasteiger partial charge on any atom is -0.493 e. The average molecular weight is 604 g/mol. The van der Waals surface area contributed by atoms with Gasteiger partial charge in [-0.15, -0.1) is 0 Å². The van der Waals surface area contributed by atoms with Crippen molar-refractivity contribution in [3.05, 3.63) is 91.9 Å². The van der Waals surface area contributed by atoms with Gasteiger partial charge in [0.1, 0.15) is 0 Å². The molecule has 0 unspecified atom stereocenters. The van der Waals surface area contributed by atoms with Gasteiger partial charge in [-0.3, -0.25) is 9.59 Å². The molecule has 1 fully saturated rings. The van der Waals surface area contributed by atoms with Crippen molar-refractivity contribution in [3.8, 4) is 11.5 Å². The Balaban J connectivity index is 1.34. The number of hydrogen-bond acceptors (Lipinski definition) is 4. The van der Waals surface area contributed by atoms with Crippen molar-refractivity contribution in [2.24, 2.45) is 0 Å². The Labute approximate surface area is 234 Å². The topological polar surface area (TPSA) is 67.9 Å². The minimum absolute atomic E-state index is 0.0855. The highest BCUT2D eigenvalue weighted by Gasteiger charge is 2.22. The number of nitrogens with zero attached hydrogens (tertiary/aromatic N) is 1. The Hall–Kier alpha value is -3.00. The number of amides is 2. The predicted octanol–water partition coefficient (Wildman–Crippen LogP) is 7.10. The number of carbonyl (C=O) groups is 2. The molecule has 0 spiro atoms. The summed E-state index contributed by atoms with van der Waals surface area (Å²) in [7, 11) is 1.50. The van der Waals surface area contributed by atoms with Crippen LogP contribution in [0.15, 0.2) is 70.7 Å². The van der Waals surface area contributed by atoms with E-state index < -0.39 is 0 Å². The number of methoxy groups -OCH3 is 1. The number of benzene rings is 3. The average Bonchev–Trinajstić information content (AvgIpc) is 2.91. The molecule has 0 atom stereocenters. The molecule has 0 aliphatic carbocycles. The Morgan fingerprint density at radius 3 is 2.43 bits per heavy atom. The van der Waals surface area contributed by atoms with Gasteiger partial charge in [-0.1, -0.05) is 50.8 Å². The predicted molar refractivity (Wildman–Crippen MR) is 151 cm³/mol. The summed E-state index contributed by atoms with van der Waals surface area (Å²) in [6, 6.07) is 17.6. The largest absolute Gasteiger partial charge is 0.493 e. The molecule has 4 rings (SSSR count). The number of carbonyl (C=O) groups excluding carboxylic acids is 2. The van der Waals surface area contributed by atoms with Crippen LogP contribution in [0, 0.1) is 0 Å². The molecule has 0 radical (unpaired) electrons. The van der Waals surface area contributed by atoms with E-state index in [1.807, 2.05) is 23.1 Å². The number of halogens is 3. The highest BCUT2D eigenvalue weighted by Crippen LogP contribution is 2.30. The summed E-state index contributed by atoms with van der Waals surface area (Å²) in [5.41, 5.74) is 3.26. The van der Waals surface area contributed by atoms with Crippen LogP contribution in [0.25, 0.3) is 6.08 Å². The quantitative estimate of drug-likeness (QED) is 0.313. The van der Waals surface area contributed by atoms with E-state index in [0.29, 0.717) is 45.9 Å². The second-order valence-electron chi connectivity index (χ2n) is 8.47. The summed E-state index contributed by atoms with van der Waals surface area (Å²) in [5.74, 6) is 0.376. The second kappa shape index (κ2) is 12.5. The molecule has 1 aliphatic heterocycles. The van der Waals surface area contributed by atoms with E-state index in [2.05, 4.69) is 27.3 Å². The fourth-order valence-electron chi connectivity index (χ4n) is 3.96. The maximum Gasteiger partial charge on any atom is 0.262 e. The third kappa shape index (κ3) is 7.28. The van der Waals surface area contributed by atoms with Crippen LogP contribution < -0.4 is 14.8 Å². The molecule has 1 aliphatic rings. The number of anilines is 1. The molecular formula is C28H25BrCl2N2O4. The summed E-state index contributed by atoms with van der Waals surface area (Å²) < 4.78 is 12.0. The van der Waals surface area contributed by atoms with Crippen molar-refractivity contribution >= 4 is 62.7 Å². The number of ether oxygens (including phenoxy) is 2. The van der Waals surface area contributed by atoms with Crippen molar-refractivity contribution in [1.82, 2.24) is 4.90 Å². The molecule has 1 heterocycles. The zero-order chi connectivity index (χ0) is 26.4. The van der Waals surface area contributed by atoms with E-state index in [-0.39, 0.29) is 18.4 Å². The maximum atomic E-state index is 13.1. The molecular weight excluding hydrogens is 579 g/mol. The third-order valence-electron chi connectivity index (χ3n) is 5.91. The number of piperidine rings is 1. The van der Waals surface area contributed by atoms with Gasteiger partial charge < -0.3 is 19.7 Å². The third-order valence-corrected chi connectivity index (χ3v) is 7.02. The molecule has 3 aromatic rings. The zero-order valence-corrected chi connectivity index (χ0v) is 23.2. The van der Waals surface area contributed by atoms with Crippen LogP contribution in [0.4, 0.5) is 5.69 Å².